The van der Waals surface area contributed by atoms with E-state index >= 15 is 0 Å². The molecule has 2 aliphatic rings. The van der Waals surface area contributed by atoms with Gasteiger partial charge in [0.1, 0.15) is 12.4 Å². The summed E-state index contributed by atoms with van der Waals surface area (Å²) in [6.07, 6.45) is 7.38. The lowest BCUT2D eigenvalue weighted by atomic mass is 9.73. The molecule has 1 amide bonds. The molecule has 4 rings (SSSR count). The highest BCUT2D eigenvalue weighted by atomic mass is 32.1. The van der Waals surface area contributed by atoms with Crippen LogP contribution in [0, 0.1) is 12.3 Å². The van der Waals surface area contributed by atoms with Gasteiger partial charge in [-0.05, 0) is 63.1 Å². The van der Waals surface area contributed by atoms with E-state index in [0.717, 1.165) is 68.5 Å². The number of aryl methyl sites for hydroxylation is 2. The molecule has 2 aromatic rings. The van der Waals surface area contributed by atoms with E-state index in [-0.39, 0.29) is 5.91 Å². The Labute approximate surface area is 190 Å². The minimum absolute atomic E-state index is 0.228. The van der Waals surface area contributed by atoms with Crippen LogP contribution in [0.2, 0.25) is 0 Å². The lowest BCUT2D eigenvalue weighted by molar-refractivity contribution is -0.133. The molecular weight excluding hydrogens is 406 g/mol. The molecule has 0 atom stereocenters. The van der Waals surface area contributed by atoms with E-state index in [9.17, 15) is 4.79 Å². The van der Waals surface area contributed by atoms with Gasteiger partial charge in [0.25, 0.3) is 0 Å². The molecular formula is C25H35N3O2S. The summed E-state index contributed by atoms with van der Waals surface area (Å²) in [5.74, 6) is 1.28. The third kappa shape index (κ3) is 5.86. The zero-order chi connectivity index (χ0) is 21.7. The van der Waals surface area contributed by atoms with Gasteiger partial charge >= 0.3 is 0 Å². The first kappa shape index (κ1) is 22.3. The van der Waals surface area contributed by atoms with Crippen molar-refractivity contribution in [2.24, 2.45) is 5.41 Å². The van der Waals surface area contributed by atoms with Crippen molar-refractivity contribution < 1.29 is 9.53 Å². The SMILES string of the molecule is Cc1nc(CC(=O)N2CCC3(CCCCc4ccccc4OCCN(C)C3)CC2)cs1. The number of amides is 1. The highest BCUT2D eigenvalue weighted by Gasteiger charge is 2.36. The van der Waals surface area contributed by atoms with Crippen LogP contribution in [0.5, 0.6) is 5.75 Å². The first-order valence-corrected chi connectivity index (χ1v) is 12.5. The third-order valence-corrected chi connectivity index (χ3v) is 7.71. The zero-order valence-electron chi connectivity index (χ0n) is 18.9. The van der Waals surface area contributed by atoms with Crippen molar-refractivity contribution in [2.75, 3.05) is 39.8 Å². The fraction of sp³-hybridized carbons (Fsp3) is 0.600. The van der Waals surface area contributed by atoms with E-state index in [1.54, 1.807) is 11.3 Å². The molecule has 0 radical (unpaired) electrons. The average molecular weight is 442 g/mol. The molecule has 1 saturated heterocycles. The normalized spacial score (nSPS) is 20.4. The summed E-state index contributed by atoms with van der Waals surface area (Å²) in [4.78, 5) is 21.8. The molecule has 3 heterocycles. The van der Waals surface area contributed by atoms with Crippen molar-refractivity contribution in [3.63, 3.8) is 0 Å². The van der Waals surface area contributed by atoms with E-state index < -0.39 is 0 Å². The van der Waals surface area contributed by atoms with Gasteiger partial charge < -0.3 is 14.5 Å². The second-order valence-electron chi connectivity index (χ2n) is 9.32. The number of thiazole rings is 1. The second-order valence-corrected chi connectivity index (χ2v) is 10.4. The summed E-state index contributed by atoms with van der Waals surface area (Å²) >= 11 is 1.62. The van der Waals surface area contributed by atoms with Crippen molar-refractivity contribution in [3.05, 3.63) is 45.9 Å². The number of fused-ring (bicyclic) bond motifs is 1. The van der Waals surface area contributed by atoms with Crippen LogP contribution in [0.15, 0.2) is 29.6 Å². The first-order valence-electron chi connectivity index (χ1n) is 11.6. The average Bonchev–Trinajstić information content (AvgIpc) is 3.16. The summed E-state index contributed by atoms with van der Waals surface area (Å²) < 4.78 is 6.11. The van der Waals surface area contributed by atoms with Crippen molar-refractivity contribution in [3.8, 4) is 5.75 Å². The minimum atomic E-state index is 0.228. The van der Waals surface area contributed by atoms with Gasteiger partial charge in [0.15, 0.2) is 0 Å². The van der Waals surface area contributed by atoms with Gasteiger partial charge in [0, 0.05) is 31.6 Å². The molecule has 0 bridgehead atoms. The summed E-state index contributed by atoms with van der Waals surface area (Å²) in [6.45, 7) is 6.48. The first-order chi connectivity index (χ1) is 15.0. The number of carbonyl (C=O) groups excluding carboxylic acids is 1. The number of rotatable bonds is 2. The van der Waals surface area contributed by atoms with Crippen LogP contribution in [0.1, 0.15) is 48.4 Å². The molecule has 2 aliphatic heterocycles. The van der Waals surface area contributed by atoms with Crippen molar-refractivity contribution in [1.82, 2.24) is 14.8 Å². The molecule has 0 saturated carbocycles. The molecule has 0 unspecified atom stereocenters. The van der Waals surface area contributed by atoms with Crippen LogP contribution in [-0.4, -0.2) is 60.5 Å². The number of carbonyl (C=O) groups is 1. The highest BCUT2D eigenvalue weighted by Crippen LogP contribution is 2.38. The number of likely N-dealkylation sites (tertiary alicyclic amines) is 1. The van der Waals surface area contributed by atoms with Crippen LogP contribution < -0.4 is 4.74 Å². The zero-order valence-corrected chi connectivity index (χ0v) is 19.8. The van der Waals surface area contributed by atoms with Crippen LogP contribution >= 0.6 is 11.3 Å². The van der Waals surface area contributed by atoms with E-state index in [1.165, 1.54) is 24.8 Å². The molecule has 0 aliphatic carbocycles. The van der Waals surface area contributed by atoms with Gasteiger partial charge in [-0.25, -0.2) is 4.98 Å². The van der Waals surface area contributed by atoms with E-state index in [2.05, 4.69) is 46.1 Å². The third-order valence-electron chi connectivity index (χ3n) is 6.89. The number of hydrogen-bond donors (Lipinski definition) is 0. The Bertz CT molecular complexity index is 873. The molecule has 5 nitrogen and oxygen atoms in total. The summed E-state index contributed by atoms with van der Waals surface area (Å²) in [5.41, 5.74) is 2.55. The Balaban J connectivity index is 1.36. The van der Waals surface area contributed by atoms with Crippen molar-refractivity contribution in [2.45, 2.75) is 51.9 Å². The predicted molar refractivity (Wildman–Crippen MR) is 126 cm³/mol. The van der Waals surface area contributed by atoms with E-state index in [0.29, 0.717) is 11.8 Å². The maximum atomic E-state index is 12.8. The molecule has 1 aromatic carbocycles. The van der Waals surface area contributed by atoms with Gasteiger partial charge in [0.05, 0.1) is 17.1 Å². The Hall–Kier alpha value is -1.92. The number of piperidine rings is 1. The van der Waals surface area contributed by atoms with Gasteiger partial charge in [-0.3, -0.25) is 4.79 Å². The monoisotopic (exact) mass is 441 g/mol. The molecule has 0 N–H and O–H groups in total. The maximum Gasteiger partial charge on any atom is 0.228 e. The second kappa shape index (κ2) is 10.1. The van der Waals surface area contributed by atoms with E-state index in [1.807, 2.05) is 12.3 Å². The minimum Gasteiger partial charge on any atom is -0.492 e. The number of ether oxygens (including phenoxy) is 1. The summed E-state index contributed by atoms with van der Waals surface area (Å²) in [5, 5.41) is 3.05. The maximum absolute atomic E-state index is 12.8. The summed E-state index contributed by atoms with van der Waals surface area (Å²) in [6, 6.07) is 8.48. The van der Waals surface area contributed by atoms with Crippen LogP contribution in [0.3, 0.4) is 0 Å². The lowest BCUT2D eigenvalue weighted by Gasteiger charge is -2.44. The number of para-hydroxylation sites is 1. The Morgan fingerprint density at radius 2 is 1.97 bits per heavy atom. The lowest BCUT2D eigenvalue weighted by Crippen LogP contribution is -2.48. The topological polar surface area (TPSA) is 45.7 Å². The van der Waals surface area contributed by atoms with Gasteiger partial charge in [-0.2, -0.15) is 0 Å². The number of hydrogen-bond acceptors (Lipinski definition) is 5. The fourth-order valence-electron chi connectivity index (χ4n) is 5.10. The Kier molecular flexibility index (Phi) is 7.28. The van der Waals surface area contributed by atoms with Gasteiger partial charge in [-0.15, -0.1) is 11.3 Å². The van der Waals surface area contributed by atoms with Crippen LogP contribution in [0.25, 0.3) is 0 Å². The van der Waals surface area contributed by atoms with Gasteiger partial charge in [0.2, 0.25) is 5.91 Å². The quantitative estimate of drug-likeness (QED) is 0.696. The molecule has 1 fully saturated rings. The van der Waals surface area contributed by atoms with Crippen molar-refractivity contribution in [1.29, 1.82) is 0 Å². The molecule has 1 aromatic heterocycles. The molecule has 31 heavy (non-hydrogen) atoms. The largest absolute Gasteiger partial charge is 0.492 e. The number of likely N-dealkylation sites (N-methyl/N-ethyl adjacent to an activating group) is 1. The standard InChI is InChI=1S/C25H35N3O2S/c1-20-26-22(18-31-20)17-24(29)28-13-11-25(12-14-28)10-6-5-8-21-7-3-4-9-23(21)30-16-15-27(2)19-25/h3-4,7,9,18H,5-6,8,10-17,19H2,1-2H3. The predicted octanol–water partition coefficient (Wildman–Crippen LogP) is 4.34. The fourth-order valence-corrected chi connectivity index (χ4v) is 5.72. The Morgan fingerprint density at radius 1 is 1.16 bits per heavy atom. The van der Waals surface area contributed by atoms with Gasteiger partial charge in [-0.1, -0.05) is 24.6 Å². The smallest absolute Gasteiger partial charge is 0.228 e. The van der Waals surface area contributed by atoms with E-state index in [4.69, 9.17) is 4.74 Å². The molecule has 168 valence electrons. The highest BCUT2D eigenvalue weighted by molar-refractivity contribution is 7.09. The Morgan fingerprint density at radius 3 is 2.74 bits per heavy atom. The number of nitrogens with zero attached hydrogens (tertiary/aromatic N) is 3. The van der Waals surface area contributed by atoms with Crippen LogP contribution in [0.4, 0.5) is 0 Å². The number of aromatic nitrogens is 1. The van der Waals surface area contributed by atoms with Crippen molar-refractivity contribution >= 4 is 17.2 Å². The molecule has 1 spiro atoms. The summed E-state index contributed by atoms with van der Waals surface area (Å²) in [7, 11) is 2.21. The number of benzene rings is 1. The van der Waals surface area contributed by atoms with Crippen LogP contribution in [-0.2, 0) is 17.6 Å². The molecule has 6 heteroatoms.